The first-order chi connectivity index (χ1) is 16.7. The summed E-state index contributed by atoms with van der Waals surface area (Å²) in [6.07, 6.45) is 4.96. The van der Waals surface area contributed by atoms with Crippen molar-refractivity contribution in [3.63, 3.8) is 0 Å². The van der Waals surface area contributed by atoms with E-state index in [0.717, 1.165) is 38.2 Å². The lowest BCUT2D eigenvalue weighted by Crippen LogP contribution is -2.30. The van der Waals surface area contributed by atoms with Crippen LogP contribution in [0.2, 0.25) is 0 Å². The van der Waals surface area contributed by atoms with Crippen LogP contribution in [-0.2, 0) is 30.5 Å². The van der Waals surface area contributed by atoms with Crippen molar-refractivity contribution in [3.8, 4) is 5.75 Å². The number of rotatable bonds is 9. The number of nitrogens with zero attached hydrogens (tertiary/aromatic N) is 3. The van der Waals surface area contributed by atoms with Crippen LogP contribution in [0.15, 0.2) is 65.6 Å². The molecular weight excluding hydrogens is 430 g/mol. The average Bonchev–Trinajstić information content (AvgIpc) is 3.08. The van der Waals surface area contributed by atoms with Crippen LogP contribution in [0.1, 0.15) is 33.7 Å². The number of fused-ring (bicyclic) bond motifs is 1. The summed E-state index contributed by atoms with van der Waals surface area (Å²) in [7, 11) is 1.36. The van der Waals surface area contributed by atoms with Crippen LogP contribution in [0.5, 0.6) is 5.75 Å². The highest BCUT2D eigenvalue weighted by molar-refractivity contribution is 5.93. The molecule has 0 saturated carbocycles. The number of hydrogen-bond donors (Lipinski definition) is 0. The summed E-state index contributed by atoms with van der Waals surface area (Å²) in [6.45, 7) is 3.34. The lowest BCUT2D eigenvalue weighted by atomic mass is 10.1. The lowest BCUT2D eigenvalue weighted by Gasteiger charge is -2.19. The first kappa shape index (κ1) is 23.7. The molecule has 34 heavy (non-hydrogen) atoms. The van der Waals surface area contributed by atoms with E-state index < -0.39 is 5.97 Å². The number of ether oxygens (including phenoxy) is 2. The Morgan fingerprint density at radius 2 is 1.85 bits per heavy atom. The van der Waals surface area contributed by atoms with Gasteiger partial charge >= 0.3 is 5.97 Å². The Morgan fingerprint density at radius 1 is 1.03 bits per heavy atom. The maximum Gasteiger partial charge on any atom is 0.343 e. The Balaban J connectivity index is 1.46. The number of esters is 1. The number of pyridine rings is 2. The fourth-order valence-corrected chi connectivity index (χ4v) is 4.42. The molecule has 1 aliphatic heterocycles. The fraction of sp³-hybridized carbons (Fsp3) is 0.370. The van der Waals surface area contributed by atoms with Crippen LogP contribution in [0.3, 0.4) is 0 Å². The third-order valence-corrected chi connectivity index (χ3v) is 6.20. The predicted octanol–water partition coefficient (Wildman–Crippen LogP) is 3.14. The summed E-state index contributed by atoms with van der Waals surface area (Å²) in [4.78, 5) is 32.3. The summed E-state index contributed by atoms with van der Waals surface area (Å²) < 4.78 is 12.7. The van der Waals surface area contributed by atoms with Crippen LogP contribution < -0.4 is 10.3 Å². The molecule has 0 spiro atoms. The van der Waals surface area contributed by atoms with Gasteiger partial charge in [0, 0.05) is 56.1 Å². The van der Waals surface area contributed by atoms with Gasteiger partial charge in [0.05, 0.1) is 13.7 Å². The maximum absolute atomic E-state index is 12.9. The SMILES string of the molecule is COC(=O)c1c(OCCc2ccccn2)cc(=O)n2c1CCN(CCCc1ccccc1)CC2. The van der Waals surface area contributed by atoms with Crippen LogP contribution in [0.25, 0.3) is 0 Å². The zero-order valence-electron chi connectivity index (χ0n) is 19.6. The van der Waals surface area contributed by atoms with Gasteiger partial charge in [-0.3, -0.25) is 9.78 Å². The molecule has 0 atom stereocenters. The Bertz CT molecular complexity index is 1150. The second-order valence-corrected chi connectivity index (χ2v) is 8.41. The highest BCUT2D eigenvalue weighted by Crippen LogP contribution is 2.24. The molecule has 4 rings (SSSR count). The third-order valence-electron chi connectivity index (χ3n) is 6.20. The van der Waals surface area contributed by atoms with Gasteiger partial charge in [0.15, 0.2) is 0 Å². The standard InChI is InChI=1S/C27H31N3O4/c1-33-27(32)26-23-12-16-29(15-7-10-21-8-3-2-4-9-21)17-18-30(23)25(31)20-24(26)34-19-13-22-11-5-6-14-28-22/h2-6,8-9,11,14,20H,7,10,12-13,15-19H2,1H3. The highest BCUT2D eigenvalue weighted by Gasteiger charge is 2.26. The zero-order valence-corrected chi connectivity index (χ0v) is 19.6. The van der Waals surface area contributed by atoms with Gasteiger partial charge in [-0.05, 0) is 37.1 Å². The monoisotopic (exact) mass is 461 g/mol. The molecule has 0 radical (unpaired) electrons. The molecule has 3 aromatic rings. The van der Waals surface area contributed by atoms with Crippen molar-refractivity contribution in [1.82, 2.24) is 14.5 Å². The molecular formula is C27H31N3O4. The second-order valence-electron chi connectivity index (χ2n) is 8.41. The number of carbonyl (C=O) groups excluding carboxylic acids is 1. The third kappa shape index (κ3) is 5.91. The Morgan fingerprint density at radius 3 is 2.62 bits per heavy atom. The van der Waals surface area contributed by atoms with Crippen LogP contribution in [-0.4, -0.2) is 53.8 Å². The van der Waals surface area contributed by atoms with Crippen LogP contribution >= 0.6 is 0 Å². The van der Waals surface area contributed by atoms with Crippen molar-refractivity contribution in [2.45, 2.75) is 32.2 Å². The van der Waals surface area contributed by atoms with E-state index in [-0.39, 0.29) is 11.3 Å². The molecule has 0 saturated heterocycles. The number of hydrogen-bond acceptors (Lipinski definition) is 6. The number of benzene rings is 1. The first-order valence-corrected chi connectivity index (χ1v) is 11.8. The van der Waals surface area contributed by atoms with Gasteiger partial charge in [-0.1, -0.05) is 36.4 Å². The topological polar surface area (TPSA) is 73.7 Å². The van der Waals surface area contributed by atoms with Gasteiger partial charge in [0.2, 0.25) is 0 Å². The first-order valence-electron chi connectivity index (χ1n) is 11.8. The summed E-state index contributed by atoms with van der Waals surface area (Å²) in [5.74, 6) is -0.189. The quantitative estimate of drug-likeness (QED) is 0.456. The minimum absolute atomic E-state index is 0.151. The van der Waals surface area contributed by atoms with E-state index in [4.69, 9.17) is 9.47 Å². The summed E-state index contributed by atoms with van der Waals surface area (Å²) in [5, 5.41) is 0. The van der Waals surface area contributed by atoms with E-state index in [1.54, 1.807) is 10.8 Å². The van der Waals surface area contributed by atoms with E-state index >= 15 is 0 Å². The normalized spacial score (nSPS) is 13.7. The molecule has 7 nitrogen and oxygen atoms in total. The van der Waals surface area contributed by atoms with E-state index in [2.05, 4.69) is 34.1 Å². The number of aromatic nitrogens is 2. The van der Waals surface area contributed by atoms with Gasteiger partial charge in [0.25, 0.3) is 5.56 Å². The average molecular weight is 462 g/mol. The molecule has 7 heteroatoms. The zero-order chi connectivity index (χ0) is 23.8. The molecule has 3 heterocycles. The molecule has 0 amide bonds. The maximum atomic E-state index is 12.9. The van der Waals surface area contributed by atoms with E-state index in [0.29, 0.717) is 37.3 Å². The van der Waals surface area contributed by atoms with Gasteiger partial charge in [-0.25, -0.2) is 4.79 Å². The Kier molecular flexibility index (Phi) is 8.09. The van der Waals surface area contributed by atoms with Crippen molar-refractivity contribution in [1.29, 1.82) is 0 Å². The Hall–Kier alpha value is -3.45. The largest absolute Gasteiger partial charge is 0.492 e. The smallest absolute Gasteiger partial charge is 0.343 e. The molecule has 0 N–H and O–H groups in total. The van der Waals surface area contributed by atoms with Crippen molar-refractivity contribution in [2.75, 3.05) is 33.4 Å². The van der Waals surface area contributed by atoms with Gasteiger partial charge in [-0.2, -0.15) is 0 Å². The van der Waals surface area contributed by atoms with Crippen LogP contribution in [0, 0.1) is 0 Å². The summed E-state index contributed by atoms with van der Waals surface area (Å²) >= 11 is 0. The molecule has 0 unspecified atom stereocenters. The highest BCUT2D eigenvalue weighted by atomic mass is 16.5. The minimum Gasteiger partial charge on any atom is -0.492 e. The molecule has 178 valence electrons. The van der Waals surface area contributed by atoms with Gasteiger partial charge < -0.3 is 18.9 Å². The van der Waals surface area contributed by atoms with Gasteiger partial charge in [-0.15, -0.1) is 0 Å². The number of methoxy groups -OCH3 is 1. The van der Waals surface area contributed by atoms with Crippen molar-refractivity contribution in [3.05, 3.63) is 93.7 Å². The molecule has 2 aromatic heterocycles. The number of aryl methyl sites for hydroxylation is 1. The molecule has 0 fully saturated rings. The minimum atomic E-state index is -0.478. The van der Waals surface area contributed by atoms with E-state index in [9.17, 15) is 9.59 Å². The fourth-order valence-electron chi connectivity index (χ4n) is 4.42. The molecule has 0 aliphatic carbocycles. The Labute approximate surface area is 200 Å². The number of carbonyl (C=O) groups is 1. The van der Waals surface area contributed by atoms with E-state index in [1.165, 1.54) is 18.7 Å². The molecule has 0 bridgehead atoms. The van der Waals surface area contributed by atoms with Crippen molar-refractivity contribution in [2.24, 2.45) is 0 Å². The van der Waals surface area contributed by atoms with Gasteiger partial charge in [0.1, 0.15) is 11.3 Å². The molecule has 1 aromatic carbocycles. The van der Waals surface area contributed by atoms with Crippen molar-refractivity contribution < 1.29 is 14.3 Å². The molecule has 1 aliphatic rings. The predicted molar refractivity (Wildman–Crippen MR) is 130 cm³/mol. The van der Waals surface area contributed by atoms with Crippen LogP contribution in [0.4, 0.5) is 0 Å². The second kappa shape index (κ2) is 11.6. The van der Waals surface area contributed by atoms with Crippen molar-refractivity contribution >= 4 is 5.97 Å². The lowest BCUT2D eigenvalue weighted by molar-refractivity contribution is 0.0593. The van der Waals surface area contributed by atoms with E-state index in [1.807, 2.05) is 24.3 Å². The summed E-state index contributed by atoms with van der Waals surface area (Å²) in [5.41, 5.74) is 3.12. The summed E-state index contributed by atoms with van der Waals surface area (Å²) in [6, 6.07) is 17.6.